The number of carbonyl (C=O) groups excluding carboxylic acids is 1. The van der Waals surface area contributed by atoms with Crippen LogP contribution in [-0.4, -0.2) is 30.4 Å². The summed E-state index contributed by atoms with van der Waals surface area (Å²) in [5.41, 5.74) is 5.32. The lowest BCUT2D eigenvalue weighted by atomic mass is 10.1. The Kier molecular flexibility index (Phi) is 7.09. The van der Waals surface area contributed by atoms with E-state index in [9.17, 15) is 13.2 Å². The normalized spacial score (nSPS) is 11.6. The summed E-state index contributed by atoms with van der Waals surface area (Å²) in [4.78, 5) is 17.1. The molecule has 0 aliphatic rings. The van der Waals surface area contributed by atoms with Gasteiger partial charge in [-0.15, -0.1) is 0 Å². The number of benzene rings is 3. The van der Waals surface area contributed by atoms with E-state index in [1.165, 1.54) is 0 Å². The predicted molar refractivity (Wildman–Crippen MR) is 133 cm³/mol. The quantitative estimate of drug-likeness (QED) is 0.358. The average molecular weight is 477 g/mol. The fourth-order valence-electron chi connectivity index (χ4n) is 3.66. The Balaban J connectivity index is 1.26. The fraction of sp³-hybridized carbons (Fsp3) is 0.231. The number of nitrogens with one attached hydrogen (secondary N) is 2. The van der Waals surface area contributed by atoms with Crippen LogP contribution in [0.4, 0.5) is 0 Å². The molecular weight excluding hydrogens is 448 g/mol. The molecule has 3 aromatic carbocycles. The monoisotopic (exact) mass is 476 g/mol. The first kappa shape index (κ1) is 23.7. The van der Waals surface area contributed by atoms with Gasteiger partial charge in [0.2, 0.25) is 10.0 Å². The third kappa shape index (κ3) is 5.52. The minimum absolute atomic E-state index is 0.149. The number of hydrogen-bond acceptors (Lipinski definition) is 4. The predicted octanol–water partition coefficient (Wildman–Crippen LogP) is 3.95. The molecule has 7 nitrogen and oxygen atoms in total. The van der Waals surface area contributed by atoms with Gasteiger partial charge >= 0.3 is 0 Å². The summed E-state index contributed by atoms with van der Waals surface area (Å²) in [5, 5.41) is 2.93. The van der Waals surface area contributed by atoms with Gasteiger partial charge in [-0.05, 0) is 73.4 Å². The Morgan fingerprint density at radius 3 is 2.50 bits per heavy atom. The molecule has 4 aromatic rings. The largest absolute Gasteiger partial charge is 0.352 e. The van der Waals surface area contributed by atoms with Gasteiger partial charge in [0, 0.05) is 25.2 Å². The minimum atomic E-state index is -3.61. The zero-order valence-electron chi connectivity index (χ0n) is 19.3. The molecule has 0 fully saturated rings. The maximum atomic E-state index is 12.6. The van der Waals surface area contributed by atoms with Crippen LogP contribution in [0.5, 0.6) is 0 Å². The Bertz CT molecular complexity index is 1410. The number of fused-ring (bicyclic) bond motifs is 1. The highest BCUT2D eigenvalue weighted by molar-refractivity contribution is 7.89. The summed E-state index contributed by atoms with van der Waals surface area (Å²) in [6, 6.07) is 20.0. The molecule has 1 heterocycles. The molecule has 0 radical (unpaired) electrons. The first-order chi connectivity index (χ1) is 16.3. The van der Waals surface area contributed by atoms with Crippen LogP contribution < -0.4 is 10.0 Å². The molecule has 0 aliphatic carbocycles. The van der Waals surface area contributed by atoms with Crippen molar-refractivity contribution in [2.24, 2.45) is 0 Å². The molecular formula is C26H28N4O3S. The van der Waals surface area contributed by atoms with Crippen molar-refractivity contribution in [1.29, 1.82) is 0 Å². The van der Waals surface area contributed by atoms with Crippen molar-refractivity contribution >= 4 is 27.0 Å². The lowest BCUT2D eigenvalue weighted by molar-refractivity contribution is 0.0952. The number of hydrogen-bond donors (Lipinski definition) is 2. The van der Waals surface area contributed by atoms with Gasteiger partial charge in [0.05, 0.1) is 22.3 Å². The number of nitrogens with zero attached hydrogens (tertiary/aromatic N) is 2. The van der Waals surface area contributed by atoms with Crippen LogP contribution in [0.2, 0.25) is 0 Å². The number of aryl methyl sites for hydroxylation is 3. The molecule has 0 saturated carbocycles. The number of aromatic nitrogens is 2. The van der Waals surface area contributed by atoms with E-state index in [4.69, 9.17) is 0 Å². The van der Waals surface area contributed by atoms with Crippen LogP contribution in [-0.2, 0) is 23.1 Å². The second kappa shape index (κ2) is 10.2. The maximum Gasteiger partial charge on any atom is 0.251 e. The van der Waals surface area contributed by atoms with Crippen LogP contribution in [0, 0.1) is 13.8 Å². The highest BCUT2D eigenvalue weighted by Crippen LogP contribution is 2.15. The van der Waals surface area contributed by atoms with Gasteiger partial charge in [-0.1, -0.05) is 30.3 Å². The molecule has 8 heteroatoms. The summed E-state index contributed by atoms with van der Waals surface area (Å²) in [7, 11) is -3.61. The first-order valence-electron chi connectivity index (χ1n) is 11.2. The Morgan fingerprint density at radius 2 is 1.74 bits per heavy atom. The van der Waals surface area contributed by atoms with Crippen molar-refractivity contribution in [3.8, 4) is 0 Å². The molecule has 1 aromatic heterocycles. The number of imidazole rings is 1. The molecule has 2 N–H and O–H groups in total. The first-order valence-corrected chi connectivity index (χ1v) is 12.7. The summed E-state index contributed by atoms with van der Waals surface area (Å²) >= 11 is 0. The van der Waals surface area contributed by atoms with Crippen LogP contribution in [0.15, 0.2) is 78.0 Å². The molecule has 0 unspecified atom stereocenters. The van der Waals surface area contributed by atoms with Crippen molar-refractivity contribution in [3.63, 3.8) is 0 Å². The van der Waals surface area contributed by atoms with E-state index in [1.54, 1.807) is 42.5 Å². The van der Waals surface area contributed by atoms with Gasteiger partial charge in [0.1, 0.15) is 0 Å². The molecule has 0 aliphatic heterocycles. The van der Waals surface area contributed by atoms with Crippen molar-refractivity contribution in [1.82, 2.24) is 19.6 Å². The van der Waals surface area contributed by atoms with E-state index in [-0.39, 0.29) is 17.3 Å². The van der Waals surface area contributed by atoms with Crippen LogP contribution in [0.25, 0.3) is 11.0 Å². The van der Waals surface area contributed by atoms with Crippen molar-refractivity contribution in [3.05, 3.63) is 95.3 Å². The van der Waals surface area contributed by atoms with E-state index in [0.717, 1.165) is 40.7 Å². The molecule has 4 rings (SSSR count). The number of rotatable bonds is 9. The summed E-state index contributed by atoms with van der Waals surface area (Å²) in [5.74, 6) is -0.155. The fourth-order valence-corrected chi connectivity index (χ4v) is 4.76. The topological polar surface area (TPSA) is 93.1 Å². The number of carbonyl (C=O) groups is 1. The van der Waals surface area contributed by atoms with Gasteiger partial charge in [0.25, 0.3) is 5.91 Å². The highest BCUT2D eigenvalue weighted by Gasteiger charge is 2.14. The minimum Gasteiger partial charge on any atom is -0.352 e. The second-order valence-electron chi connectivity index (χ2n) is 8.30. The third-order valence-corrected chi connectivity index (χ3v) is 7.26. The summed E-state index contributed by atoms with van der Waals surface area (Å²) < 4.78 is 29.8. The van der Waals surface area contributed by atoms with Crippen LogP contribution in [0.3, 0.4) is 0 Å². The zero-order valence-corrected chi connectivity index (χ0v) is 20.1. The van der Waals surface area contributed by atoms with E-state index >= 15 is 0 Å². The van der Waals surface area contributed by atoms with E-state index < -0.39 is 10.0 Å². The van der Waals surface area contributed by atoms with E-state index in [1.807, 2.05) is 44.4 Å². The SMILES string of the molecule is Cc1ccc(S(=O)(=O)NCc2ccc(C(=O)NCCCn3cnc4ccccc43)cc2)cc1C. The average Bonchev–Trinajstić information content (AvgIpc) is 3.25. The van der Waals surface area contributed by atoms with Gasteiger partial charge in [-0.3, -0.25) is 4.79 Å². The second-order valence-corrected chi connectivity index (χ2v) is 10.1. The van der Waals surface area contributed by atoms with Crippen molar-refractivity contribution in [2.45, 2.75) is 38.3 Å². The van der Waals surface area contributed by atoms with Crippen molar-refractivity contribution in [2.75, 3.05) is 6.54 Å². The lowest BCUT2D eigenvalue weighted by Crippen LogP contribution is -2.25. The van der Waals surface area contributed by atoms with Gasteiger partial charge < -0.3 is 9.88 Å². The molecule has 0 saturated heterocycles. The molecule has 34 heavy (non-hydrogen) atoms. The standard InChI is InChI=1S/C26H28N4O3S/c1-19-8-13-23(16-20(19)2)34(32,33)29-17-21-9-11-22(12-10-21)26(31)27-14-5-15-30-18-28-24-6-3-4-7-25(24)30/h3-4,6-13,16,18,29H,5,14-15,17H2,1-2H3,(H,27,31). The van der Waals surface area contributed by atoms with Gasteiger partial charge in [0.15, 0.2) is 0 Å². The number of amides is 1. The highest BCUT2D eigenvalue weighted by atomic mass is 32.2. The number of sulfonamides is 1. The summed E-state index contributed by atoms with van der Waals surface area (Å²) in [6.45, 7) is 5.29. The molecule has 0 atom stereocenters. The Hall–Kier alpha value is -3.49. The zero-order chi connectivity index (χ0) is 24.1. The third-order valence-electron chi connectivity index (χ3n) is 5.86. The van der Waals surface area contributed by atoms with Gasteiger partial charge in [-0.2, -0.15) is 0 Å². The van der Waals surface area contributed by atoms with E-state index in [0.29, 0.717) is 12.1 Å². The molecule has 0 bridgehead atoms. The van der Waals surface area contributed by atoms with E-state index in [2.05, 4.69) is 19.6 Å². The van der Waals surface area contributed by atoms with Crippen LogP contribution >= 0.6 is 0 Å². The maximum absolute atomic E-state index is 12.6. The lowest BCUT2D eigenvalue weighted by Gasteiger charge is -2.10. The number of para-hydroxylation sites is 2. The van der Waals surface area contributed by atoms with Crippen molar-refractivity contribution < 1.29 is 13.2 Å². The van der Waals surface area contributed by atoms with Crippen LogP contribution in [0.1, 0.15) is 33.5 Å². The molecule has 176 valence electrons. The smallest absolute Gasteiger partial charge is 0.251 e. The molecule has 1 amide bonds. The Morgan fingerprint density at radius 1 is 0.971 bits per heavy atom. The van der Waals surface area contributed by atoms with Gasteiger partial charge in [-0.25, -0.2) is 18.1 Å². The molecule has 0 spiro atoms. The summed E-state index contributed by atoms with van der Waals surface area (Å²) in [6.07, 6.45) is 2.60. The Labute approximate surface area is 199 Å².